The number of rotatable bonds is 4. The van der Waals surface area contributed by atoms with E-state index in [0.29, 0.717) is 5.92 Å². The summed E-state index contributed by atoms with van der Waals surface area (Å²) in [6, 6.07) is 8.05. The Morgan fingerprint density at radius 2 is 2.00 bits per heavy atom. The molecule has 1 aliphatic rings. The molecule has 1 saturated carbocycles. The van der Waals surface area contributed by atoms with Gasteiger partial charge < -0.3 is 0 Å². The van der Waals surface area contributed by atoms with E-state index in [2.05, 4.69) is 15.9 Å². The van der Waals surface area contributed by atoms with Crippen LogP contribution in [0.25, 0.3) is 0 Å². The summed E-state index contributed by atoms with van der Waals surface area (Å²) in [5.41, 5.74) is 1.21. The van der Waals surface area contributed by atoms with Gasteiger partial charge in [-0.3, -0.25) is 4.55 Å². The minimum Gasteiger partial charge on any atom is -0.285 e. The third-order valence-electron chi connectivity index (χ3n) is 3.46. The molecule has 1 fully saturated rings. The first-order valence-electron chi connectivity index (χ1n) is 5.58. The number of hydrogen-bond donors (Lipinski definition) is 1. The summed E-state index contributed by atoms with van der Waals surface area (Å²) in [6.45, 7) is 1.58. The molecule has 3 atom stereocenters. The molecule has 1 aliphatic carbocycles. The Bertz CT molecular complexity index is 495. The van der Waals surface area contributed by atoms with Gasteiger partial charge in [0.15, 0.2) is 0 Å². The molecule has 0 saturated heterocycles. The molecule has 0 radical (unpaired) electrons. The van der Waals surface area contributed by atoms with Crippen LogP contribution in [0, 0.1) is 11.8 Å². The topological polar surface area (TPSA) is 54.4 Å². The van der Waals surface area contributed by atoms with Crippen molar-refractivity contribution in [2.24, 2.45) is 11.8 Å². The zero-order valence-electron chi connectivity index (χ0n) is 9.51. The zero-order chi connectivity index (χ0) is 12.6. The van der Waals surface area contributed by atoms with Crippen molar-refractivity contribution in [3.05, 3.63) is 34.3 Å². The summed E-state index contributed by atoms with van der Waals surface area (Å²) < 4.78 is 32.0. The van der Waals surface area contributed by atoms with Crippen molar-refractivity contribution in [1.29, 1.82) is 0 Å². The molecule has 0 spiro atoms. The Kier molecular flexibility index (Phi) is 3.61. The maximum absolute atomic E-state index is 11.0. The van der Waals surface area contributed by atoms with E-state index in [9.17, 15) is 8.42 Å². The maximum Gasteiger partial charge on any atom is 0.267 e. The van der Waals surface area contributed by atoms with E-state index >= 15 is 0 Å². The minimum absolute atomic E-state index is 0.105. The van der Waals surface area contributed by atoms with Crippen LogP contribution >= 0.6 is 15.9 Å². The van der Waals surface area contributed by atoms with E-state index < -0.39 is 15.4 Å². The van der Waals surface area contributed by atoms with Gasteiger partial charge in [0.05, 0.1) is 5.25 Å². The molecule has 0 amide bonds. The summed E-state index contributed by atoms with van der Waals surface area (Å²) in [6.07, 6.45) is 1.77. The summed E-state index contributed by atoms with van der Waals surface area (Å²) in [5, 5.41) is -0.636. The van der Waals surface area contributed by atoms with E-state index in [1.807, 2.05) is 24.3 Å². The van der Waals surface area contributed by atoms with Gasteiger partial charge in [0.2, 0.25) is 0 Å². The lowest BCUT2D eigenvalue weighted by molar-refractivity contribution is 0.459. The number of benzene rings is 1. The molecule has 0 heterocycles. The summed E-state index contributed by atoms with van der Waals surface area (Å²) >= 11 is 3.38. The van der Waals surface area contributed by atoms with Crippen LogP contribution in [0.1, 0.15) is 18.9 Å². The first kappa shape index (κ1) is 13.1. The summed E-state index contributed by atoms with van der Waals surface area (Å²) in [4.78, 5) is 0. The van der Waals surface area contributed by atoms with Gasteiger partial charge in [-0.05, 0) is 49.3 Å². The van der Waals surface area contributed by atoms with E-state index in [1.54, 1.807) is 6.92 Å². The standard InChI is InChI=1S/C12H15BrO3S/c1-8(17(14,15)16)12-7-10(12)6-9-2-4-11(13)5-3-9/h2-5,8,10,12H,6-7H2,1H3,(H,14,15,16). The van der Waals surface area contributed by atoms with Gasteiger partial charge in [-0.15, -0.1) is 0 Å². The van der Waals surface area contributed by atoms with E-state index in [0.717, 1.165) is 17.3 Å². The lowest BCUT2D eigenvalue weighted by Gasteiger charge is -2.07. The van der Waals surface area contributed by atoms with Crippen LogP contribution in [-0.4, -0.2) is 18.2 Å². The SMILES string of the molecule is CC(C1CC1Cc1ccc(Br)cc1)S(=O)(=O)O. The number of halogens is 1. The van der Waals surface area contributed by atoms with Crippen molar-refractivity contribution in [3.63, 3.8) is 0 Å². The molecule has 17 heavy (non-hydrogen) atoms. The Morgan fingerprint density at radius 3 is 2.53 bits per heavy atom. The molecule has 0 aromatic heterocycles. The van der Waals surface area contributed by atoms with Crippen molar-refractivity contribution < 1.29 is 13.0 Å². The second-order valence-electron chi connectivity index (χ2n) is 4.71. The smallest absolute Gasteiger partial charge is 0.267 e. The highest BCUT2D eigenvalue weighted by molar-refractivity contribution is 9.10. The zero-order valence-corrected chi connectivity index (χ0v) is 11.9. The van der Waals surface area contributed by atoms with Crippen molar-refractivity contribution >= 4 is 26.0 Å². The molecule has 3 unspecified atom stereocenters. The lowest BCUT2D eigenvalue weighted by Crippen LogP contribution is -2.19. The fraction of sp³-hybridized carbons (Fsp3) is 0.500. The highest BCUT2D eigenvalue weighted by atomic mass is 79.9. The van der Waals surface area contributed by atoms with E-state index in [-0.39, 0.29) is 5.92 Å². The molecule has 94 valence electrons. The van der Waals surface area contributed by atoms with Gasteiger partial charge in [0.1, 0.15) is 0 Å². The third-order valence-corrected chi connectivity index (χ3v) is 5.28. The molecule has 1 aromatic rings. The molecule has 5 heteroatoms. The Labute approximate surface area is 110 Å². The van der Waals surface area contributed by atoms with E-state index in [1.165, 1.54) is 5.56 Å². The highest BCUT2D eigenvalue weighted by Crippen LogP contribution is 2.45. The second-order valence-corrected chi connectivity index (χ2v) is 7.40. The minimum atomic E-state index is -3.88. The normalized spacial score (nSPS) is 25.6. The second kappa shape index (κ2) is 4.71. The van der Waals surface area contributed by atoms with Crippen LogP contribution < -0.4 is 0 Å². The van der Waals surface area contributed by atoms with Crippen molar-refractivity contribution in [3.8, 4) is 0 Å². The lowest BCUT2D eigenvalue weighted by atomic mass is 10.1. The third kappa shape index (κ3) is 3.30. The van der Waals surface area contributed by atoms with Crippen LogP contribution in [0.2, 0.25) is 0 Å². The van der Waals surface area contributed by atoms with Gasteiger partial charge in [0, 0.05) is 4.47 Å². The first-order valence-corrected chi connectivity index (χ1v) is 7.88. The van der Waals surface area contributed by atoms with Gasteiger partial charge in [-0.1, -0.05) is 28.1 Å². The fourth-order valence-electron chi connectivity index (χ4n) is 2.22. The van der Waals surface area contributed by atoms with Gasteiger partial charge in [0.25, 0.3) is 10.1 Å². The highest BCUT2D eigenvalue weighted by Gasteiger charge is 2.45. The van der Waals surface area contributed by atoms with Crippen molar-refractivity contribution in [1.82, 2.24) is 0 Å². The molecule has 2 rings (SSSR count). The Morgan fingerprint density at radius 1 is 1.41 bits per heavy atom. The van der Waals surface area contributed by atoms with E-state index in [4.69, 9.17) is 4.55 Å². The number of hydrogen-bond acceptors (Lipinski definition) is 2. The van der Waals surface area contributed by atoms with Gasteiger partial charge in [-0.2, -0.15) is 8.42 Å². The predicted molar refractivity (Wildman–Crippen MR) is 70.5 cm³/mol. The summed E-state index contributed by atoms with van der Waals surface area (Å²) in [5.74, 6) is 0.488. The molecule has 0 bridgehead atoms. The maximum atomic E-state index is 11.0. The van der Waals surface area contributed by atoms with Crippen LogP contribution in [-0.2, 0) is 16.5 Å². The Balaban J connectivity index is 1.94. The quantitative estimate of drug-likeness (QED) is 0.868. The molecule has 1 N–H and O–H groups in total. The Hall–Kier alpha value is -0.390. The molecule has 3 nitrogen and oxygen atoms in total. The molecule has 1 aromatic carbocycles. The molecular weight excluding hydrogens is 304 g/mol. The monoisotopic (exact) mass is 318 g/mol. The fourth-order valence-corrected chi connectivity index (χ4v) is 3.26. The molecular formula is C12H15BrO3S. The first-order chi connectivity index (χ1) is 7.88. The van der Waals surface area contributed by atoms with Crippen LogP contribution in [0.4, 0.5) is 0 Å². The van der Waals surface area contributed by atoms with Gasteiger partial charge >= 0.3 is 0 Å². The van der Waals surface area contributed by atoms with Crippen LogP contribution in [0.15, 0.2) is 28.7 Å². The average molecular weight is 319 g/mol. The van der Waals surface area contributed by atoms with Gasteiger partial charge in [-0.25, -0.2) is 0 Å². The molecule has 0 aliphatic heterocycles. The van der Waals surface area contributed by atoms with Crippen LogP contribution in [0.3, 0.4) is 0 Å². The predicted octanol–water partition coefficient (Wildman–Crippen LogP) is 2.90. The summed E-state index contributed by atoms with van der Waals surface area (Å²) in [7, 11) is -3.88. The van der Waals surface area contributed by atoms with Crippen molar-refractivity contribution in [2.75, 3.05) is 0 Å². The van der Waals surface area contributed by atoms with Crippen LogP contribution in [0.5, 0.6) is 0 Å². The average Bonchev–Trinajstić information content (AvgIpc) is 2.98. The largest absolute Gasteiger partial charge is 0.285 e. The van der Waals surface area contributed by atoms with Crippen molar-refractivity contribution in [2.45, 2.75) is 25.0 Å².